The van der Waals surface area contributed by atoms with Crippen molar-refractivity contribution in [3.8, 4) is 0 Å². The summed E-state index contributed by atoms with van der Waals surface area (Å²) in [4.78, 5) is 0. The lowest BCUT2D eigenvalue weighted by Gasteiger charge is -2.13. The third-order valence-electron chi connectivity index (χ3n) is 1.85. The molecule has 0 aliphatic carbocycles. The second-order valence-corrected chi connectivity index (χ2v) is 2.92. The average Bonchev–Trinajstić information content (AvgIpc) is 2.14. The van der Waals surface area contributed by atoms with Crippen LogP contribution in [0.4, 0.5) is 0 Å². The SMILES string of the molecule is COCCNCC1=COCCC1. The Labute approximate surface area is 73.7 Å². The number of hydrogen-bond donors (Lipinski definition) is 1. The molecule has 0 fully saturated rings. The van der Waals surface area contributed by atoms with E-state index in [1.807, 2.05) is 6.26 Å². The molecular formula is C9H17NO2. The summed E-state index contributed by atoms with van der Waals surface area (Å²) in [6, 6.07) is 0. The summed E-state index contributed by atoms with van der Waals surface area (Å²) in [6.45, 7) is 3.49. The van der Waals surface area contributed by atoms with Crippen molar-refractivity contribution in [2.75, 3.05) is 33.4 Å². The molecular weight excluding hydrogens is 154 g/mol. The third-order valence-corrected chi connectivity index (χ3v) is 1.85. The summed E-state index contributed by atoms with van der Waals surface area (Å²) in [5.41, 5.74) is 1.36. The Morgan fingerprint density at radius 1 is 1.67 bits per heavy atom. The van der Waals surface area contributed by atoms with Crippen LogP contribution in [-0.2, 0) is 9.47 Å². The van der Waals surface area contributed by atoms with Crippen molar-refractivity contribution < 1.29 is 9.47 Å². The maximum Gasteiger partial charge on any atom is 0.0876 e. The first-order valence-electron chi connectivity index (χ1n) is 4.42. The lowest BCUT2D eigenvalue weighted by atomic mass is 10.1. The van der Waals surface area contributed by atoms with Gasteiger partial charge in [0.15, 0.2) is 0 Å². The normalized spacial score (nSPS) is 16.9. The lowest BCUT2D eigenvalue weighted by molar-refractivity contribution is 0.198. The van der Waals surface area contributed by atoms with E-state index >= 15 is 0 Å². The fraction of sp³-hybridized carbons (Fsp3) is 0.778. The van der Waals surface area contributed by atoms with Gasteiger partial charge in [-0.05, 0) is 18.4 Å². The maximum atomic E-state index is 5.21. The summed E-state index contributed by atoms with van der Waals surface area (Å²) >= 11 is 0. The first kappa shape index (κ1) is 9.55. The van der Waals surface area contributed by atoms with Gasteiger partial charge in [-0.3, -0.25) is 0 Å². The van der Waals surface area contributed by atoms with Gasteiger partial charge in [-0.2, -0.15) is 0 Å². The molecule has 0 bridgehead atoms. The van der Waals surface area contributed by atoms with E-state index in [0.717, 1.165) is 32.7 Å². The summed E-state index contributed by atoms with van der Waals surface area (Å²) in [5, 5.41) is 3.28. The molecule has 1 heterocycles. The highest BCUT2D eigenvalue weighted by molar-refractivity contribution is 5.02. The Bertz CT molecular complexity index is 145. The van der Waals surface area contributed by atoms with E-state index in [1.165, 1.54) is 12.0 Å². The van der Waals surface area contributed by atoms with E-state index < -0.39 is 0 Å². The highest BCUT2D eigenvalue weighted by atomic mass is 16.5. The van der Waals surface area contributed by atoms with Gasteiger partial charge in [0.05, 0.1) is 19.5 Å². The highest BCUT2D eigenvalue weighted by Gasteiger charge is 2.02. The van der Waals surface area contributed by atoms with Crippen LogP contribution in [0.3, 0.4) is 0 Å². The van der Waals surface area contributed by atoms with E-state index in [2.05, 4.69) is 5.32 Å². The van der Waals surface area contributed by atoms with Gasteiger partial charge in [0.25, 0.3) is 0 Å². The van der Waals surface area contributed by atoms with Crippen molar-refractivity contribution in [2.24, 2.45) is 0 Å². The van der Waals surface area contributed by atoms with Crippen molar-refractivity contribution in [3.05, 3.63) is 11.8 Å². The Hall–Kier alpha value is -0.540. The molecule has 12 heavy (non-hydrogen) atoms. The fourth-order valence-corrected chi connectivity index (χ4v) is 1.17. The molecule has 3 nitrogen and oxygen atoms in total. The van der Waals surface area contributed by atoms with Crippen molar-refractivity contribution in [3.63, 3.8) is 0 Å². The summed E-state index contributed by atoms with van der Waals surface area (Å²) in [5.74, 6) is 0. The van der Waals surface area contributed by atoms with Crippen molar-refractivity contribution in [2.45, 2.75) is 12.8 Å². The number of methoxy groups -OCH3 is 1. The minimum Gasteiger partial charge on any atom is -0.501 e. The van der Waals surface area contributed by atoms with Crippen molar-refractivity contribution >= 4 is 0 Å². The van der Waals surface area contributed by atoms with E-state index in [1.54, 1.807) is 7.11 Å². The van der Waals surface area contributed by atoms with Crippen LogP contribution in [-0.4, -0.2) is 33.4 Å². The van der Waals surface area contributed by atoms with Crippen LogP contribution in [0.15, 0.2) is 11.8 Å². The molecule has 3 heteroatoms. The van der Waals surface area contributed by atoms with Gasteiger partial charge >= 0.3 is 0 Å². The first-order valence-corrected chi connectivity index (χ1v) is 4.42. The van der Waals surface area contributed by atoms with E-state index in [4.69, 9.17) is 9.47 Å². The zero-order chi connectivity index (χ0) is 8.65. The number of hydrogen-bond acceptors (Lipinski definition) is 3. The van der Waals surface area contributed by atoms with Gasteiger partial charge in [0, 0.05) is 20.2 Å². The molecule has 1 rings (SSSR count). The molecule has 0 spiro atoms. The molecule has 0 aromatic carbocycles. The van der Waals surface area contributed by atoms with Crippen LogP contribution in [0.5, 0.6) is 0 Å². The smallest absolute Gasteiger partial charge is 0.0876 e. The molecule has 0 saturated heterocycles. The molecule has 1 N–H and O–H groups in total. The third kappa shape index (κ3) is 3.74. The van der Waals surface area contributed by atoms with Gasteiger partial charge in [0.1, 0.15) is 0 Å². The molecule has 1 aliphatic rings. The van der Waals surface area contributed by atoms with Crippen LogP contribution in [0.2, 0.25) is 0 Å². The molecule has 0 radical (unpaired) electrons. The number of rotatable bonds is 5. The predicted octanol–water partition coefficient (Wildman–Crippen LogP) is 0.917. The van der Waals surface area contributed by atoms with E-state index in [9.17, 15) is 0 Å². The zero-order valence-corrected chi connectivity index (χ0v) is 7.64. The van der Waals surface area contributed by atoms with Crippen molar-refractivity contribution in [1.29, 1.82) is 0 Å². The van der Waals surface area contributed by atoms with Crippen molar-refractivity contribution in [1.82, 2.24) is 5.32 Å². The summed E-state index contributed by atoms with van der Waals surface area (Å²) in [6.07, 6.45) is 4.20. The Balaban J connectivity index is 2.01. The van der Waals surface area contributed by atoms with Gasteiger partial charge < -0.3 is 14.8 Å². The summed E-state index contributed by atoms with van der Waals surface area (Å²) < 4.78 is 10.1. The standard InChI is InChI=1S/C9H17NO2/c1-11-6-4-10-7-9-3-2-5-12-8-9/h8,10H,2-7H2,1H3. The molecule has 1 aliphatic heterocycles. The van der Waals surface area contributed by atoms with Gasteiger partial charge in [0.2, 0.25) is 0 Å². The van der Waals surface area contributed by atoms with Gasteiger partial charge in [-0.1, -0.05) is 0 Å². The van der Waals surface area contributed by atoms with Gasteiger partial charge in [-0.25, -0.2) is 0 Å². The Morgan fingerprint density at radius 3 is 3.25 bits per heavy atom. The van der Waals surface area contributed by atoms with E-state index in [0.29, 0.717) is 0 Å². The van der Waals surface area contributed by atoms with Crippen LogP contribution >= 0.6 is 0 Å². The van der Waals surface area contributed by atoms with E-state index in [-0.39, 0.29) is 0 Å². The van der Waals surface area contributed by atoms with Crippen LogP contribution in [0.25, 0.3) is 0 Å². The molecule has 70 valence electrons. The molecule has 0 aromatic heterocycles. The van der Waals surface area contributed by atoms with Crippen LogP contribution in [0, 0.1) is 0 Å². The zero-order valence-electron chi connectivity index (χ0n) is 7.64. The van der Waals surface area contributed by atoms with Crippen LogP contribution in [0.1, 0.15) is 12.8 Å². The molecule has 0 unspecified atom stereocenters. The van der Waals surface area contributed by atoms with Crippen LogP contribution < -0.4 is 5.32 Å². The molecule has 0 amide bonds. The minimum absolute atomic E-state index is 0.772. The van der Waals surface area contributed by atoms with Gasteiger partial charge in [-0.15, -0.1) is 0 Å². The Morgan fingerprint density at radius 2 is 2.58 bits per heavy atom. The first-order chi connectivity index (χ1) is 5.93. The lowest BCUT2D eigenvalue weighted by Crippen LogP contribution is -2.22. The monoisotopic (exact) mass is 171 g/mol. The molecule has 0 aromatic rings. The largest absolute Gasteiger partial charge is 0.501 e. The fourth-order valence-electron chi connectivity index (χ4n) is 1.17. The molecule has 0 saturated carbocycles. The number of ether oxygens (including phenoxy) is 2. The average molecular weight is 171 g/mol. The number of nitrogens with one attached hydrogen (secondary N) is 1. The second kappa shape index (κ2) is 6.03. The Kier molecular flexibility index (Phi) is 4.80. The predicted molar refractivity (Wildman–Crippen MR) is 48.0 cm³/mol. The maximum absolute atomic E-state index is 5.21. The second-order valence-electron chi connectivity index (χ2n) is 2.92. The summed E-state index contributed by atoms with van der Waals surface area (Å²) in [7, 11) is 1.71. The topological polar surface area (TPSA) is 30.5 Å². The highest BCUT2D eigenvalue weighted by Crippen LogP contribution is 2.09. The quantitative estimate of drug-likeness (QED) is 0.624. The minimum atomic E-state index is 0.772. The molecule has 0 atom stereocenters.